The van der Waals surface area contributed by atoms with E-state index in [2.05, 4.69) is 40.1 Å². The Kier molecular flexibility index (Phi) is 3.69. The van der Waals surface area contributed by atoms with Crippen LogP contribution < -0.4 is 5.32 Å². The van der Waals surface area contributed by atoms with E-state index in [9.17, 15) is 0 Å². The molecule has 2 aromatic heterocycles. The van der Waals surface area contributed by atoms with E-state index in [1.165, 1.54) is 5.69 Å². The van der Waals surface area contributed by atoms with Gasteiger partial charge in [0.25, 0.3) is 0 Å². The number of nitrogens with one attached hydrogen (secondary N) is 1. The molecule has 2 aromatic rings. The Morgan fingerprint density at radius 2 is 2.29 bits per heavy atom. The van der Waals surface area contributed by atoms with E-state index >= 15 is 0 Å². The largest absolute Gasteiger partial charge is 0.377 e. The van der Waals surface area contributed by atoms with Crippen molar-refractivity contribution in [2.45, 2.75) is 26.9 Å². The number of aryl methyl sites for hydroxylation is 2. The molecule has 0 saturated carbocycles. The molecule has 4 heteroatoms. The molecule has 0 bridgehead atoms. The minimum Gasteiger partial charge on any atom is -0.377 e. The molecular formula is C13H16ClN3. The first-order valence-electron chi connectivity index (χ1n) is 5.70. The van der Waals surface area contributed by atoms with Crippen molar-refractivity contribution in [2.24, 2.45) is 0 Å². The molecule has 90 valence electrons. The van der Waals surface area contributed by atoms with Gasteiger partial charge in [0.15, 0.2) is 5.15 Å². The highest BCUT2D eigenvalue weighted by Gasteiger charge is 2.03. The van der Waals surface area contributed by atoms with Gasteiger partial charge < -0.3 is 9.88 Å². The Morgan fingerprint density at radius 1 is 1.47 bits per heavy atom. The van der Waals surface area contributed by atoms with Gasteiger partial charge >= 0.3 is 0 Å². The molecule has 0 unspecified atom stereocenters. The second-order valence-electron chi connectivity index (χ2n) is 3.99. The fourth-order valence-electron chi connectivity index (χ4n) is 1.78. The first-order chi connectivity index (χ1) is 8.20. The predicted octanol–water partition coefficient (Wildman–Crippen LogP) is 3.48. The fraction of sp³-hybridized carbons (Fsp3) is 0.308. The predicted molar refractivity (Wildman–Crippen MR) is 71.4 cm³/mol. The van der Waals surface area contributed by atoms with Crippen LogP contribution in [0.4, 0.5) is 5.69 Å². The number of nitrogens with zero attached hydrogens (tertiary/aromatic N) is 2. The Balaban J connectivity index is 2.09. The van der Waals surface area contributed by atoms with Crippen molar-refractivity contribution >= 4 is 17.3 Å². The lowest BCUT2D eigenvalue weighted by molar-refractivity contribution is 0.724. The van der Waals surface area contributed by atoms with Crippen LogP contribution in [-0.4, -0.2) is 9.55 Å². The summed E-state index contributed by atoms with van der Waals surface area (Å²) < 4.78 is 2.20. The van der Waals surface area contributed by atoms with Gasteiger partial charge in [-0.15, -0.1) is 0 Å². The lowest BCUT2D eigenvalue weighted by Crippen LogP contribution is -2.06. The summed E-state index contributed by atoms with van der Waals surface area (Å²) in [6.07, 6.45) is 3.84. The number of rotatable bonds is 4. The summed E-state index contributed by atoms with van der Waals surface area (Å²) in [4.78, 5) is 4.12. The molecule has 0 atom stereocenters. The summed E-state index contributed by atoms with van der Waals surface area (Å²) in [6.45, 7) is 5.86. The number of hydrogen-bond acceptors (Lipinski definition) is 2. The minimum absolute atomic E-state index is 0.519. The molecule has 3 nitrogen and oxygen atoms in total. The third-order valence-electron chi connectivity index (χ3n) is 2.70. The summed E-state index contributed by atoms with van der Waals surface area (Å²) in [5, 5.41) is 3.83. The van der Waals surface area contributed by atoms with E-state index < -0.39 is 0 Å². The van der Waals surface area contributed by atoms with Crippen molar-refractivity contribution in [3.63, 3.8) is 0 Å². The Bertz CT molecular complexity index is 505. The highest BCUT2D eigenvalue weighted by Crippen LogP contribution is 2.20. The van der Waals surface area contributed by atoms with E-state index in [4.69, 9.17) is 11.6 Å². The van der Waals surface area contributed by atoms with Gasteiger partial charge in [-0.2, -0.15) is 0 Å². The molecule has 2 rings (SSSR count). The fourth-order valence-corrected chi connectivity index (χ4v) is 1.95. The maximum atomic E-state index is 6.03. The molecule has 0 aromatic carbocycles. The molecule has 0 spiro atoms. The van der Waals surface area contributed by atoms with E-state index in [0.29, 0.717) is 5.15 Å². The Morgan fingerprint density at radius 3 is 3.06 bits per heavy atom. The summed E-state index contributed by atoms with van der Waals surface area (Å²) in [6, 6.07) is 6.17. The van der Waals surface area contributed by atoms with Crippen LogP contribution in [0.3, 0.4) is 0 Å². The van der Waals surface area contributed by atoms with Gasteiger partial charge in [0.1, 0.15) is 0 Å². The minimum atomic E-state index is 0.519. The average Bonchev–Trinajstić information content (AvgIpc) is 2.77. The van der Waals surface area contributed by atoms with Crippen molar-refractivity contribution in [1.29, 1.82) is 0 Å². The van der Waals surface area contributed by atoms with Gasteiger partial charge in [-0.1, -0.05) is 11.6 Å². The lowest BCUT2D eigenvalue weighted by atomic mass is 10.3. The van der Waals surface area contributed by atoms with Crippen LogP contribution in [0.5, 0.6) is 0 Å². The van der Waals surface area contributed by atoms with E-state index in [1.807, 2.05) is 13.0 Å². The number of halogens is 1. The summed E-state index contributed by atoms with van der Waals surface area (Å²) >= 11 is 6.03. The zero-order chi connectivity index (χ0) is 12.3. The first-order valence-corrected chi connectivity index (χ1v) is 6.08. The number of hydrogen-bond donors (Lipinski definition) is 1. The second kappa shape index (κ2) is 5.23. The van der Waals surface area contributed by atoms with Crippen molar-refractivity contribution in [3.05, 3.63) is 47.0 Å². The molecule has 0 radical (unpaired) electrons. The van der Waals surface area contributed by atoms with Crippen molar-refractivity contribution in [2.75, 3.05) is 5.32 Å². The molecule has 0 aliphatic carbocycles. The SMILES string of the molecule is CCn1cccc1CNc1cc(C)cnc1Cl. The maximum Gasteiger partial charge on any atom is 0.152 e. The Labute approximate surface area is 106 Å². The van der Waals surface area contributed by atoms with Gasteiger partial charge in [-0.25, -0.2) is 4.98 Å². The smallest absolute Gasteiger partial charge is 0.152 e. The molecule has 0 aliphatic rings. The van der Waals surface area contributed by atoms with Gasteiger partial charge in [0, 0.05) is 24.6 Å². The van der Waals surface area contributed by atoms with E-state index in [0.717, 1.165) is 24.3 Å². The normalized spacial score (nSPS) is 10.5. The van der Waals surface area contributed by atoms with Crippen LogP contribution in [0, 0.1) is 6.92 Å². The molecule has 0 aliphatic heterocycles. The van der Waals surface area contributed by atoms with Crippen molar-refractivity contribution < 1.29 is 0 Å². The molecule has 0 fully saturated rings. The highest BCUT2D eigenvalue weighted by molar-refractivity contribution is 6.31. The number of aromatic nitrogens is 2. The molecular weight excluding hydrogens is 234 g/mol. The summed E-state index contributed by atoms with van der Waals surface area (Å²) in [5.74, 6) is 0. The van der Waals surface area contributed by atoms with Crippen molar-refractivity contribution in [1.82, 2.24) is 9.55 Å². The first kappa shape index (κ1) is 12.0. The van der Waals surface area contributed by atoms with Gasteiger partial charge in [-0.3, -0.25) is 0 Å². The van der Waals surface area contributed by atoms with Crippen LogP contribution >= 0.6 is 11.6 Å². The van der Waals surface area contributed by atoms with Gasteiger partial charge in [0.2, 0.25) is 0 Å². The quantitative estimate of drug-likeness (QED) is 0.841. The van der Waals surface area contributed by atoms with Crippen LogP contribution in [0.15, 0.2) is 30.6 Å². The standard InChI is InChI=1S/C13H16ClN3/c1-3-17-6-4-5-11(17)9-15-12-7-10(2)8-16-13(12)14/h4-8,15H,3,9H2,1-2H3. The van der Waals surface area contributed by atoms with E-state index in [-0.39, 0.29) is 0 Å². The van der Waals surface area contributed by atoms with Gasteiger partial charge in [0.05, 0.1) is 12.2 Å². The topological polar surface area (TPSA) is 29.9 Å². The average molecular weight is 250 g/mol. The molecule has 0 amide bonds. The molecule has 17 heavy (non-hydrogen) atoms. The zero-order valence-electron chi connectivity index (χ0n) is 10.1. The lowest BCUT2D eigenvalue weighted by Gasteiger charge is -2.10. The zero-order valence-corrected chi connectivity index (χ0v) is 10.8. The van der Waals surface area contributed by atoms with Crippen LogP contribution in [0.25, 0.3) is 0 Å². The van der Waals surface area contributed by atoms with Crippen LogP contribution in [0.1, 0.15) is 18.2 Å². The van der Waals surface area contributed by atoms with Gasteiger partial charge in [-0.05, 0) is 37.6 Å². The number of anilines is 1. The summed E-state index contributed by atoms with van der Waals surface area (Å²) in [5.41, 5.74) is 3.23. The number of pyridine rings is 1. The van der Waals surface area contributed by atoms with Crippen LogP contribution in [0.2, 0.25) is 5.15 Å². The third-order valence-corrected chi connectivity index (χ3v) is 3.00. The monoisotopic (exact) mass is 249 g/mol. The van der Waals surface area contributed by atoms with E-state index in [1.54, 1.807) is 6.20 Å². The third kappa shape index (κ3) is 2.80. The highest BCUT2D eigenvalue weighted by atomic mass is 35.5. The summed E-state index contributed by atoms with van der Waals surface area (Å²) in [7, 11) is 0. The molecule has 0 saturated heterocycles. The second-order valence-corrected chi connectivity index (χ2v) is 4.35. The molecule has 1 N–H and O–H groups in total. The Hall–Kier alpha value is -1.48. The van der Waals surface area contributed by atoms with Crippen LogP contribution in [-0.2, 0) is 13.1 Å². The maximum absolute atomic E-state index is 6.03. The molecule has 2 heterocycles. The van der Waals surface area contributed by atoms with Crippen molar-refractivity contribution in [3.8, 4) is 0 Å².